The molecule has 0 atom stereocenters. The molecule has 28 heavy (non-hydrogen) atoms. The van der Waals surface area contributed by atoms with Crippen molar-refractivity contribution in [3.05, 3.63) is 72.3 Å². The molecule has 5 nitrogen and oxygen atoms in total. The summed E-state index contributed by atoms with van der Waals surface area (Å²) in [6.07, 6.45) is 1.68. The van der Waals surface area contributed by atoms with Gasteiger partial charge in [0.05, 0.1) is 0 Å². The van der Waals surface area contributed by atoms with Crippen molar-refractivity contribution >= 4 is 29.9 Å². The number of rotatable bonds is 9. The highest BCUT2D eigenvalue weighted by atomic mass is 127. The van der Waals surface area contributed by atoms with E-state index in [2.05, 4.69) is 26.9 Å². The van der Waals surface area contributed by atoms with Crippen molar-refractivity contribution in [3.8, 4) is 11.5 Å². The van der Waals surface area contributed by atoms with Crippen LogP contribution in [0.1, 0.15) is 11.1 Å². The smallest absolute Gasteiger partial charge is 0.387 e. The Morgan fingerprint density at radius 1 is 1.04 bits per heavy atom. The summed E-state index contributed by atoms with van der Waals surface area (Å²) < 4.78 is 35.2. The van der Waals surface area contributed by atoms with Gasteiger partial charge in [0.1, 0.15) is 18.1 Å². The van der Waals surface area contributed by atoms with Crippen LogP contribution < -0.4 is 20.1 Å². The van der Waals surface area contributed by atoms with E-state index in [1.807, 2.05) is 24.3 Å². The normalized spacial score (nSPS) is 10.8. The Balaban J connectivity index is 0.00000392. The fourth-order valence-corrected chi connectivity index (χ4v) is 2.38. The zero-order valence-corrected chi connectivity index (χ0v) is 17.9. The number of nitrogens with one attached hydrogen (secondary N) is 2. The van der Waals surface area contributed by atoms with Gasteiger partial charge in [-0.1, -0.05) is 49.1 Å². The summed E-state index contributed by atoms with van der Waals surface area (Å²) in [5.41, 5.74) is 1.57. The molecule has 0 aromatic heterocycles. The van der Waals surface area contributed by atoms with E-state index >= 15 is 0 Å². The average molecular weight is 503 g/mol. The molecule has 152 valence electrons. The van der Waals surface area contributed by atoms with E-state index < -0.39 is 6.61 Å². The summed E-state index contributed by atoms with van der Waals surface area (Å²) in [6.45, 7) is 1.98. The van der Waals surface area contributed by atoms with Crippen LogP contribution >= 0.6 is 24.0 Å². The Labute approximate surface area is 180 Å². The third-order valence-electron chi connectivity index (χ3n) is 3.63. The molecule has 0 fully saturated rings. The Morgan fingerprint density at radius 3 is 2.11 bits per heavy atom. The summed E-state index contributed by atoms with van der Waals surface area (Å²) in [5.74, 6) is 1.43. The van der Waals surface area contributed by atoms with Crippen molar-refractivity contribution in [1.82, 2.24) is 10.6 Å². The van der Waals surface area contributed by atoms with Crippen molar-refractivity contribution in [2.24, 2.45) is 4.99 Å². The molecule has 0 aliphatic carbocycles. The summed E-state index contributed by atoms with van der Waals surface area (Å²) >= 11 is 0. The molecule has 0 heterocycles. The lowest BCUT2D eigenvalue weighted by atomic mass is 10.2. The third kappa shape index (κ3) is 7.71. The van der Waals surface area contributed by atoms with Crippen LogP contribution in [-0.2, 0) is 13.1 Å². The molecule has 2 N–H and O–H groups in total. The zero-order chi connectivity index (χ0) is 19.5. The van der Waals surface area contributed by atoms with Crippen LogP contribution in [-0.4, -0.2) is 26.2 Å². The second kappa shape index (κ2) is 12.9. The Kier molecular flexibility index (Phi) is 10.9. The van der Waals surface area contributed by atoms with Crippen LogP contribution in [0.15, 0.2) is 66.2 Å². The van der Waals surface area contributed by atoms with E-state index in [-0.39, 0.29) is 36.3 Å². The van der Waals surface area contributed by atoms with Crippen LogP contribution in [0.25, 0.3) is 0 Å². The van der Waals surface area contributed by atoms with Crippen molar-refractivity contribution in [3.63, 3.8) is 0 Å². The van der Waals surface area contributed by atoms with Crippen LogP contribution in [0.5, 0.6) is 11.5 Å². The summed E-state index contributed by atoms with van der Waals surface area (Å²) in [5, 5.41) is 6.27. The SMILES string of the molecule is C=CCOc1ccccc1CNC(=NC)NCc1ccccc1OC(F)F.I. The van der Waals surface area contributed by atoms with E-state index in [4.69, 9.17) is 4.74 Å². The molecule has 0 aliphatic heterocycles. The number of guanidine groups is 1. The zero-order valence-electron chi connectivity index (χ0n) is 15.5. The van der Waals surface area contributed by atoms with E-state index in [0.717, 1.165) is 11.3 Å². The topological polar surface area (TPSA) is 54.9 Å². The fraction of sp³-hybridized carbons (Fsp3) is 0.250. The Bertz CT molecular complexity index is 773. The molecule has 0 aliphatic rings. The Hall–Kier alpha value is -2.36. The molecule has 0 radical (unpaired) electrons. The van der Waals surface area contributed by atoms with Crippen molar-refractivity contribution in [1.29, 1.82) is 0 Å². The third-order valence-corrected chi connectivity index (χ3v) is 3.63. The van der Waals surface area contributed by atoms with E-state index in [9.17, 15) is 8.78 Å². The second-order valence-electron chi connectivity index (χ2n) is 5.47. The minimum absolute atomic E-state index is 0. The summed E-state index contributed by atoms with van der Waals surface area (Å²) in [6, 6.07) is 14.3. The van der Waals surface area contributed by atoms with Crippen LogP contribution in [0, 0.1) is 0 Å². The molecule has 2 aromatic rings. The van der Waals surface area contributed by atoms with Gasteiger partial charge in [0.2, 0.25) is 0 Å². The summed E-state index contributed by atoms with van der Waals surface area (Å²) in [4.78, 5) is 4.15. The standard InChI is InChI=1S/C20H23F2N3O2.HI/c1-3-12-26-17-10-6-4-8-15(17)13-24-20(23-2)25-14-16-9-5-7-11-18(16)27-19(21)22;/h3-11,19H,1,12-14H2,2H3,(H2,23,24,25);1H. The highest BCUT2D eigenvalue weighted by Crippen LogP contribution is 2.20. The minimum atomic E-state index is -2.87. The van der Waals surface area contributed by atoms with Crippen molar-refractivity contribution < 1.29 is 18.3 Å². The van der Waals surface area contributed by atoms with Crippen LogP contribution in [0.4, 0.5) is 8.78 Å². The van der Waals surface area contributed by atoms with E-state index in [1.165, 1.54) is 6.07 Å². The summed E-state index contributed by atoms with van der Waals surface area (Å²) in [7, 11) is 1.64. The number of alkyl halides is 2. The van der Waals surface area contributed by atoms with Gasteiger partial charge >= 0.3 is 6.61 Å². The number of hydrogen-bond acceptors (Lipinski definition) is 3. The van der Waals surface area contributed by atoms with Gasteiger partial charge < -0.3 is 20.1 Å². The van der Waals surface area contributed by atoms with Crippen LogP contribution in [0.2, 0.25) is 0 Å². The number of hydrogen-bond donors (Lipinski definition) is 2. The van der Waals surface area contributed by atoms with Gasteiger partial charge in [0, 0.05) is 31.3 Å². The average Bonchev–Trinajstić information content (AvgIpc) is 2.68. The van der Waals surface area contributed by atoms with Gasteiger partial charge in [-0.15, -0.1) is 24.0 Å². The molecule has 0 spiro atoms. The lowest BCUT2D eigenvalue weighted by Crippen LogP contribution is -2.36. The second-order valence-corrected chi connectivity index (χ2v) is 5.47. The molecule has 0 saturated heterocycles. The lowest BCUT2D eigenvalue weighted by molar-refractivity contribution is -0.0504. The molecular formula is C20H24F2IN3O2. The molecular weight excluding hydrogens is 479 g/mol. The predicted molar refractivity (Wildman–Crippen MR) is 118 cm³/mol. The number of halogens is 3. The molecule has 0 unspecified atom stereocenters. The Morgan fingerprint density at radius 2 is 1.57 bits per heavy atom. The maximum atomic E-state index is 12.5. The first-order chi connectivity index (χ1) is 13.1. The monoisotopic (exact) mass is 503 g/mol. The first-order valence-corrected chi connectivity index (χ1v) is 8.43. The largest absolute Gasteiger partial charge is 0.489 e. The lowest BCUT2D eigenvalue weighted by Gasteiger charge is -2.15. The first-order valence-electron chi connectivity index (χ1n) is 8.43. The molecule has 8 heteroatoms. The fourth-order valence-electron chi connectivity index (χ4n) is 2.38. The molecule has 0 bridgehead atoms. The maximum Gasteiger partial charge on any atom is 0.387 e. The quantitative estimate of drug-likeness (QED) is 0.232. The minimum Gasteiger partial charge on any atom is -0.489 e. The van der Waals surface area contributed by atoms with Crippen LogP contribution in [0.3, 0.4) is 0 Å². The maximum absolute atomic E-state index is 12.5. The van der Waals surface area contributed by atoms with Gasteiger partial charge in [-0.3, -0.25) is 4.99 Å². The van der Waals surface area contributed by atoms with Gasteiger partial charge in [0.15, 0.2) is 5.96 Å². The van der Waals surface area contributed by atoms with Gasteiger partial charge in [-0.2, -0.15) is 8.78 Å². The number of benzene rings is 2. The number of para-hydroxylation sites is 2. The van der Waals surface area contributed by atoms with Crippen molar-refractivity contribution in [2.75, 3.05) is 13.7 Å². The van der Waals surface area contributed by atoms with E-state index in [0.29, 0.717) is 24.7 Å². The molecule has 0 saturated carbocycles. The highest BCUT2D eigenvalue weighted by molar-refractivity contribution is 14.0. The molecule has 2 rings (SSSR count). The number of aliphatic imine (C=N–C) groups is 1. The molecule has 2 aromatic carbocycles. The predicted octanol–water partition coefficient (Wildman–Crippen LogP) is 4.34. The van der Waals surface area contributed by atoms with Gasteiger partial charge in [-0.25, -0.2) is 0 Å². The van der Waals surface area contributed by atoms with E-state index in [1.54, 1.807) is 31.3 Å². The highest BCUT2D eigenvalue weighted by Gasteiger charge is 2.10. The number of nitrogens with zero attached hydrogens (tertiary/aromatic N) is 1. The molecule has 0 amide bonds. The van der Waals surface area contributed by atoms with Crippen molar-refractivity contribution in [2.45, 2.75) is 19.7 Å². The van der Waals surface area contributed by atoms with Gasteiger partial charge in [-0.05, 0) is 12.1 Å². The number of ether oxygens (including phenoxy) is 2. The van der Waals surface area contributed by atoms with Gasteiger partial charge in [0.25, 0.3) is 0 Å². The first kappa shape index (κ1) is 23.7.